The molecule has 0 aliphatic carbocycles. The molecule has 2 nitrogen and oxygen atoms in total. The average Bonchev–Trinajstić information content (AvgIpc) is 2.67. The molecule has 2 N–H and O–H groups in total. The topological polar surface area (TPSA) is 27.8 Å². The molecule has 0 radical (unpaired) electrons. The number of thioether (sulfide) groups is 1. The molecule has 1 aliphatic rings. The van der Waals surface area contributed by atoms with Gasteiger partial charge in [-0.1, -0.05) is 17.7 Å². The van der Waals surface area contributed by atoms with E-state index in [1.807, 2.05) is 6.07 Å². The van der Waals surface area contributed by atoms with E-state index in [9.17, 15) is 0 Å². The van der Waals surface area contributed by atoms with Gasteiger partial charge in [-0.2, -0.15) is 0 Å². The summed E-state index contributed by atoms with van der Waals surface area (Å²) in [5, 5.41) is 5.57. The standard InChI is InChI=1S/C12H13ClN2S/c1-16-12-9(13)3-2-7-8-6-14-5-4-10(8)15-11(7)12/h2-3,14-15H,4-6H2,1H3. The molecule has 0 unspecified atom stereocenters. The van der Waals surface area contributed by atoms with Gasteiger partial charge in [0.15, 0.2) is 0 Å². The Morgan fingerprint density at radius 2 is 2.25 bits per heavy atom. The minimum atomic E-state index is 0.839. The molecule has 0 atom stereocenters. The molecule has 1 aromatic carbocycles. The summed E-state index contributed by atoms with van der Waals surface area (Å²) < 4.78 is 0. The lowest BCUT2D eigenvalue weighted by Crippen LogP contribution is -2.22. The van der Waals surface area contributed by atoms with Crippen molar-refractivity contribution < 1.29 is 0 Å². The van der Waals surface area contributed by atoms with Crippen LogP contribution in [0.5, 0.6) is 0 Å². The summed E-state index contributed by atoms with van der Waals surface area (Å²) in [6.07, 6.45) is 3.15. The van der Waals surface area contributed by atoms with Crippen LogP contribution in [0, 0.1) is 0 Å². The highest BCUT2D eigenvalue weighted by Gasteiger charge is 2.17. The predicted molar refractivity (Wildman–Crippen MR) is 70.5 cm³/mol. The highest BCUT2D eigenvalue weighted by atomic mass is 35.5. The van der Waals surface area contributed by atoms with Crippen molar-refractivity contribution in [3.63, 3.8) is 0 Å². The first-order valence-corrected chi connectivity index (χ1v) is 6.98. The first-order chi connectivity index (χ1) is 7.81. The molecule has 16 heavy (non-hydrogen) atoms. The Bertz CT molecular complexity index is 547. The fraction of sp³-hybridized carbons (Fsp3) is 0.333. The SMILES string of the molecule is CSc1c(Cl)ccc2c3c([nH]c12)CCNC3. The molecule has 0 bridgehead atoms. The molecule has 84 valence electrons. The van der Waals surface area contributed by atoms with E-state index in [4.69, 9.17) is 11.6 Å². The van der Waals surface area contributed by atoms with Crippen molar-refractivity contribution in [2.24, 2.45) is 0 Å². The maximum absolute atomic E-state index is 6.21. The number of benzene rings is 1. The van der Waals surface area contributed by atoms with Gasteiger partial charge in [0.25, 0.3) is 0 Å². The lowest BCUT2D eigenvalue weighted by Gasteiger charge is -2.12. The Morgan fingerprint density at radius 3 is 3.06 bits per heavy atom. The number of nitrogens with one attached hydrogen (secondary N) is 2. The fourth-order valence-electron chi connectivity index (χ4n) is 2.36. The van der Waals surface area contributed by atoms with Gasteiger partial charge in [-0.05, 0) is 17.9 Å². The van der Waals surface area contributed by atoms with Gasteiger partial charge in [-0.15, -0.1) is 11.8 Å². The van der Waals surface area contributed by atoms with E-state index < -0.39 is 0 Å². The van der Waals surface area contributed by atoms with E-state index in [-0.39, 0.29) is 0 Å². The van der Waals surface area contributed by atoms with E-state index in [0.717, 1.165) is 29.4 Å². The van der Waals surface area contributed by atoms with Gasteiger partial charge < -0.3 is 10.3 Å². The van der Waals surface area contributed by atoms with Gasteiger partial charge >= 0.3 is 0 Å². The van der Waals surface area contributed by atoms with Crippen LogP contribution in [0.25, 0.3) is 10.9 Å². The minimum Gasteiger partial charge on any atom is -0.357 e. The van der Waals surface area contributed by atoms with Crippen LogP contribution < -0.4 is 5.32 Å². The quantitative estimate of drug-likeness (QED) is 0.763. The van der Waals surface area contributed by atoms with Crippen molar-refractivity contribution >= 4 is 34.3 Å². The third-order valence-electron chi connectivity index (χ3n) is 3.13. The Hall–Kier alpha value is -0.640. The average molecular weight is 253 g/mol. The molecule has 2 aromatic rings. The van der Waals surface area contributed by atoms with E-state index in [1.54, 1.807) is 11.8 Å². The maximum Gasteiger partial charge on any atom is 0.0612 e. The van der Waals surface area contributed by atoms with Crippen LogP contribution >= 0.6 is 23.4 Å². The highest BCUT2D eigenvalue weighted by Crippen LogP contribution is 2.36. The van der Waals surface area contributed by atoms with Gasteiger partial charge in [-0.3, -0.25) is 0 Å². The van der Waals surface area contributed by atoms with Crippen molar-refractivity contribution in [3.8, 4) is 0 Å². The zero-order valence-electron chi connectivity index (χ0n) is 9.06. The fourth-order valence-corrected chi connectivity index (χ4v) is 3.38. The maximum atomic E-state index is 6.21. The van der Waals surface area contributed by atoms with Gasteiger partial charge in [-0.25, -0.2) is 0 Å². The summed E-state index contributed by atoms with van der Waals surface area (Å²) in [7, 11) is 0. The van der Waals surface area contributed by atoms with Crippen molar-refractivity contribution in [2.45, 2.75) is 17.9 Å². The van der Waals surface area contributed by atoms with Crippen LogP contribution in [0.15, 0.2) is 17.0 Å². The van der Waals surface area contributed by atoms with Crippen LogP contribution in [0.4, 0.5) is 0 Å². The normalized spacial score (nSPS) is 15.4. The summed E-state index contributed by atoms with van der Waals surface area (Å²) in [5.41, 5.74) is 3.98. The zero-order chi connectivity index (χ0) is 11.1. The molecule has 4 heteroatoms. The van der Waals surface area contributed by atoms with Gasteiger partial charge in [0, 0.05) is 35.5 Å². The van der Waals surface area contributed by atoms with Crippen molar-refractivity contribution in [2.75, 3.05) is 12.8 Å². The number of H-pyrrole nitrogens is 1. The number of rotatable bonds is 1. The molecule has 0 spiro atoms. The van der Waals surface area contributed by atoms with Gasteiger partial charge in [0.05, 0.1) is 10.5 Å². The lowest BCUT2D eigenvalue weighted by atomic mass is 10.1. The van der Waals surface area contributed by atoms with E-state index in [1.165, 1.54) is 22.2 Å². The van der Waals surface area contributed by atoms with E-state index in [2.05, 4.69) is 22.6 Å². The van der Waals surface area contributed by atoms with E-state index in [0.29, 0.717) is 0 Å². The Morgan fingerprint density at radius 1 is 1.38 bits per heavy atom. The van der Waals surface area contributed by atoms with Crippen molar-refractivity contribution in [1.29, 1.82) is 0 Å². The second-order valence-corrected chi connectivity index (χ2v) is 5.24. The first-order valence-electron chi connectivity index (χ1n) is 5.38. The molecule has 0 fully saturated rings. The van der Waals surface area contributed by atoms with Crippen molar-refractivity contribution in [3.05, 3.63) is 28.4 Å². The lowest BCUT2D eigenvalue weighted by molar-refractivity contribution is 0.641. The Labute approximate surface area is 104 Å². The van der Waals surface area contributed by atoms with Crippen LogP contribution in [-0.4, -0.2) is 17.8 Å². The summed E-state index contributed by atoms with van der Waals surface area (Å²) >= 11 is 7.92. The number of fused-ring (bicyclic) bond motifs is 3. The Balaban J connectivity index is 2.33. The number of aromatic nitrogens is 1. The molecular weight excluding hydrogens is 240 g/mol. The van der Waals surface area contributed by atoms with Crippen LogP contribution in [0.2, 0.25) is 5.02 Å². The van der Waals surface area contributed by atoms with Gasteiger partial charge in [0.2, 0.25) is 0 Å². The molecule has 3 rings (SSSR count). The summed E-state index contributed by atoms with van der Waals surface area (Å²) in [6.45, 7) is 2.02. The predicted octanol–water partition coefficient (Wildman–Crippen LogP) is 3.19. The highest BCUT2D eigenvalue weighted by molar-refractivity contribution is 7.99. The molecular formula is C12H13ClN2S. The molecule has 0 amide bonds. The molecule has 1 aromatic heterocycles. The largest absolute Gasteiger partial charge is 0.357 e. The second-order valence-electron chi connectivity index (χ2n) is 4.01. The molecule has 1 aliphatic heterocycles. The summed E-state index contributed by atoms with van der Waals surface area (Å²) in [4.78, 5) is 4.69. The second kappa shape index (κ2) is 3.99. The third kappa shape index (κ3) is 1.46. The summed E-state index contributed by atoms with van der Waals surface area (Å²) in [5.74, 6) is 0. The number of hydrogen-bond donors (Lipinski definition) is 2. The van der Waals surface area contributed by atoms with Gasteiger partial charge in [0.1, 0.15) is 0 Å². The third-order valence-corrected chi connectivity index (χ3v) is 4.39. The molecule has 0 saturated heterocycles. The van der Waals surface area contributed by atoms with Crippen LogP contribution in [-0.2, 0) is 13.0 Å². The van der Waals surface area contributed by atoms with Crippen molar-refractivity contribution in [1.82, 2.24) is 10.3 Å². The zero-order valence-corrected chi connectivity index (χ0v) is 10.6. The molecule has 0 saturated carbocycles. The Kier molecular flexibility index (Phi) is 2.62. The first kappa shape index (κ1) is 10.5. The monoisotopic (exact) mass is 252 g/mol. The number of hydrogen-bond acceptors (Lipinski definition) is 2. The van der Waals surface area contributed by atoms with Crippen LogP contribution in [0.3, 0.4) is 0 Å². The minimum absolute atomic E-state index is 0.839. The number of halogens is 1. The smallest absolute Gasteiger partial charge is 0.0612 e. The summed E-state index contributed by atoms with van der Waals surface area (Å²) in [6, 6.07) is 4.12. The van der Waals surface area contributed by atoms with Crippen LogP contribution in [0.1, 0.15) is 11.3 Å². The van der Waals surface area contributed by atoms with E-state index >= 15 is 0 Å². The molecule has 2 heterocycles. The number of aromatic amines is 1.